The van der Waals surface area contributed by atoms with Crippen LogP contribution < -0.4 is 0 Å². The lowest BCUT2D eigenvalue weighted by Gasteiger charge is -2.24. The highest BCUT2D eigenvalue weighted by atomic mass is 31.2. The maximum atomic E-state index is 12.7. The predicted octanol–water partition coefficient (Wildman–Crippen LogP) is 12.3. The van der Waals surface area contributed by atoms with Crippen molar-refractivity contribution in [2.24, 2.45) is 0 Å². The largest absolute Gasteiger partial charge is 0.472 e. The van der Waals surface area contributed by atoms with Gasteiger partial charge in [0.2, 0.25) is 0 Å². The van der Waals surface area contributed by atoms with Crippen LogP contribution >= 0.6 is 7.82 Å². The number of nitrogens with zero attached hydrogens (tertiary/aromatic N) is 1. The van der Waals surface area contributed by atoms with Gasteiger partial charge >= 0.3 is 13.8 Å². The Morgan fingerprint density at radius 1 is 0.564 bits per heavy atom. The van der Waals surface area contributed by atoms with E-state index in [-0.39, 0.29) is 32.2 Å². The van der Waals surface area contributed by atoms with Gasteiger partial charge < -0.3 is 18.9 Å². The summed E-state index contributed by atoms with van der Waals surface area (Å²) >= 11 is 0. The molecule has 55 heavy (non-hydrogen) atoms. The van der Waals surface area contributed by atoms with Crippen LogP contribution in [0.2, 0.25) is 0 Å². The first-order valence-corrected chi connectivity index (χ1v) is 22.5. The van der Waals surface area contributed by atoms with Gasteiger partial charge in [0.15, 0.2) is 0 Å². The zero-order chi connectivity index (χ0) is 40.6. The number of rotatable bonds is 37. The molecule has 0 aromatic heterocycles. The van der Waals surface area contributed by atoms with Gasteiger partial charge in [0.25, 0.3) is 0 Å². The molecule has 0 bridgehead atoms. The third kappa shape index (κ3) is 42.4. The molecule has 2 unspecified atom stereocenters. The average molecular weight is 789 g/mol. The van der Waals surface area contributed by atoms with Gasteiger partial charge in [0.05, 0.1) is 34.4 Å². The minimum absolute atomic E-state index is 0.0709. The first-order valence-electron chi connectivity index (χ1n) is 21.0. The molecule has 1 N–H and O–H groups in total. The molecule has 0 saturated carbocycles. The summed E-state index contributed by atoms with van der Waals surface area (Å²) in [6, 6.07) is 0. The summed E-state index contributed by atoms with van der Waals surface area (Å²) in [5.74, 6) is -0.354. The van der Waals surface area contributed by atoms with E-state index in [1.54, 1.807) is 0 Å². The second-order valence-electron chi connectivity index (χ2n) is 14.6. The minimum Gasteiger partial charge on any atom is -0.457 e. The van der Waals surface area contributed by atoms with Crippen LogP contribution in [-0.2, 0) is 27.9 Å². The first kappa shape index (κ1) is 52.4. The summed E-state index contributed by atoms with van der Waals surface area (Å²) in [7, 11) is 1.61. The van der Waals surface area contributed by atoms with Crippen LogP contribution in [0.1, 0.15) is 129 Å². The fourth-order valence-electron chi connectivity index (χ4n) is 4.94. The predicted molar refractivity (Wildman–Crippen MR) is 233 cm³/mol. The highest BCUT2D eigenvalue weighted by molar-refractivity contribution is 7.47. The summed E-state index contributed by atoms with van der Waals surface area (Å²) < 4.78 is 34.9. The fraction of sp³-hybridized carbons (Fsp3) is 0.630. The van der Waals surface area contributed by atoms with Crippen molar-refractivity contribution in [3.05, 3.63) is 97.2 Å². The molecule has 0 fully saturated rings. The second kappa shape index (κ2) is 38.3. The molecule has 0 spiro atoms. The number of carbonyl (C=O) groups excluding carboxylic acids is 1. The van der Waals surface area contributed by atoms with Crippen molar-refractivity contribution in [3.63, 3.8) is 0 Å². The van der Waals surface area contributed by atoms with Gasteiger partial charge in [-0.1, -0.05) is 130 Å². The first-order chi connectivity index (χ1) is 26.6. The Bertz CT molecular complexity index is 1190. The third-order valence-electron chi connectivity index (χ3n) is 8.14. The Morgan fingerprint density at radius 2 is 1.00 bits per heavy atom. The lowest BCUT2D eigenvalue weighted by molar-refractivity contribution is -0.870. The van der Waals surface area contributed by atoms with E-state index in [1.807, 2.05) is 21.1 Å². The van der Waals surface area contributed by atoms with Crippen LogP contribution in [-0.4, -0.2) is 75.6 Å². The standard InChI is InChI=1S/C46H78NO7P/c1-6-8-10-12-14-16-18-20-22-24-25-27-29-31-33-35-37-39-46(48)54-45(44-53-55(49,50)52-42-40-47(3,4)5)43-51-41-38-36-34-32-30-28-26-23-21-19-17-15-13-11-9-7-2/h8-11,14-17,20-23,25,27-28,30,45H,6-7,12-13,18-19,24,26,29,31-44H2,1-5H3/p+1/b10-8-,11-9-,16-14-,17-15-,22-20-,23-21-,27-25-,30-28-. The maximum absolute atomic E-state index is 12.7. The number of esters is 1. The summed E-state index contributed by atoms with van der Waals surface area (Å²) in [4.78, 5) is 22.9. The van der Waals surface area contributed by atoms with E-state index in [0.717, 1.165) is 109 Å². The number of phosphoric acid groups is 1. The second-order valence-corrected chi connectivity index (χ2v) is 16.1. The summed E-state index contributed by atoms with van der Waals surface area (Å²) in [6.45, 7) is 5.24. The topological polar surface area (TPSA) is 91.3 Å². The third-order valence-corrected chi connectivity index (χ3v) is 9.13. The SMILES string of the molecule is CC/C=C\C/C=C\C/C=C\C/C=C\CCCCCCC(=O)OC(COCCCCC/C=C\C/C=C\C/C=C\C/C=C\CC)COP(=O)(O)OCC[N+](C)(C)C. The van der Waals surface area contributed by atoms with Crippen molar-refractivity contribution in [1.29, 1.82) is 0 Å². The lowest BCUT2D eigenvalue weighted by Crippen LogP contribution is -2.37. The molecule has 8 nitrogen and oxygen atoms in total. The number of hydrogen-bond donors (Lipinski definition) is 1. The van der Waals surface area contributed by atoms with Crippen molar-refractivity contribution in [1.82, 2.24) is 0 Å². The quantitative estimate of drug-likeness (QED) is 0.0220. The van der Waals surface area contributed by atoms with E-state index in [4.69, 9.17) is 18.5 Å². The monoisotopic (exact) mass is 789 g/mol. The Balaban J connectivity index is 4.40. The van der Waals surface area contributed by atoms with Crippen molar-refractivity contribution in [3.8, 4) is 0 Å². The molecule has 0 aromatic carbocycles. The fourth-order valence-corrected chi connectivity index (χ4v) is 5.69. The van der Waals surface area contributed by atoms with E-state index >= 15 is 0 Å². The molecule has 0 heterocycles. The van der Waals surface area contributed by atoms with Crippen LogP contribution in [0.3, 0.4) is 0 Å². The number of allylic oxidation sites excluding steroid dienone is 16. The normalized spacial score (nSPS) is 14.8. The van der Waals surface area contributed by atoms with Crippen LogP contribution in [0.5, 0.6) is 0 Å². The van der Waals surface area contributed by atoms with E-state index in [1.165, 1.54) is 0 Å². The smallest absolute Gasteiger partial charge is 0.457 e. The number of quaternary nitrogens is 1. The molecule has 0 aromatic rings. The van der Waals surface area contributed by atoms with Gasteiger partial charge in [0, 0.05) is 13.0 Å². The van der Waals surface area contributed by atoms with E-state index in [2.05, 4.69) is 111 Å². The number of ether oxygens (including phenoxy) is 2. The van der Waals surface area contributed by atoms with Gasteiger partial charge in [0.1, 0.15) is 19.3 Å². The van der Waals surface area contributed by atoms with Crippen LogP contribution in [0, 0.1) is 0 Å². The highest BCUT2D eigenvalue weighted by Crippen LogP contribution is 2.43. The molecule has 0 aliphatic heterocycles. The number of hydrogen-bond acceptors (Lipinski definition) is 6. The van der Waals surface area contributed by atoms with Crippen molar-refractivity contribution in [2.75, 3.05) is 54.1 Å². The highest BCUT2D eigenvalue weighted by Gasteiger charge is 2.26. The zero-order valence-corrected chi connectivity index (χ0v) is 36.3. The molecule has 0 aliphatic carbocycles. The molecular weight excluding hydrogens is 709 g/mol. The Morgan fingerprint density at radius 3 is 1.47 bits per heavy atom. The van der Waals surface area contributed by atoms with Gasteiger partial charge in [-0.2, -0.15) is 0 Å². The van der Waals surface area contributed by atoms with E-state index < -0.39 is 13.9 Å². The maximum Gasteiger partial charge on any atom is 0.472 e. The van der Waals surface area contributed by atoms with Gasteiger partial charge in [-0.25, -0.2) is 4.57 Å². The minimum atomic E-state index is -4.30. The summed E-state index contributed by atoms with van der Waals surface area (Å²) in [6.07, 6.45) is 51.6. The molecule has 9 heteroatoms. The molecule has 0 saturated heterocycles. The van der Waals surface area contributed by atoms with Crippen LogP contribution in [0.25, 0.3) is 0 Å². The van der Waals surface area contributed by atoms with Crippen LogP contribution in [0.4, 0.5) is 0 Å². The van der Waals surface area contributed by atoms with Crippen LogP contribution in [0.15, 0.2) is 97.2 Å². The van der Waals surface area contributed by atoms with E-state index in [9.17, 15) is 14.3 Å². The van der Waals surface area contributed by atoms with Gasteiger partial charge in [-0.05, 0) is 89.9 Å². The Hall–Kier alpha value is -2.58. The molecular formula is C46H79NO7P+. The molecule has 0 aliphatic rings. The molecule has 314 valence electrons. The number of phosphoric ester groups is 1. The molecule has 0 radical (unpaired) electrons. The average Bonchev–Trinajstić information content (AvgIpc) is 3.13. The summed E-state index contributed by atoms with van der Waals surface area (Å²) in [5.41, 5.74) is 0. The van der Waals surface area contributed by atoms with Crippen molar-refractivity contribution in [2.45, 2.75) is 136 Å². The number of carbonyl (C=O) groups is 1. The van der Waals surface area contributed by atoms with Gasteiger partial charge in [-0.15, -0.1) is 0 Å². The number of unbranched alkanes of at least 4 members (excludes halogenated alkanes) is 7. The van der Waals surface area contributed by atoms with Crippen molar-refractivity contribution < 1.29 is 37.3 Å². The molecule has 2 atom stereocenters. The van der Waals surface area contributed by atoms with Gasteiger partial charge in [-0.3, -0.25) is 13.8 Å². The zero-order valence-electron chi connectivity index (χ0n) is 35.4. The number of likely N-dealkylation sites (N-methyl/N-ethyl adjacent to an activating group) is 1. The Kier molecular flexibility index (Phi) is 36.5. The Labute approximate surface area is 337 Å². The van der Waals surface area contributed by atoms with E-state index in [0.29, 0.717) is 17.6 Å². The summed E-state index contributed by atoms with van der Waals surface area (Å²) in [5, 5.41) is 0. The molecule has 0 amide bonds. The lowest BCUT2D eigenvalue weighted by atomic mass is 10.1. The molecule has 0 rings (SSSR count). The van der Waals surface area contributed by atoms with Crippen molar-refractivity contribution >= 4 is 13.8 Å².